The summed E-state index contributed by atoms with van der Waals surface area (Å²) >= 11 is 0. The van der Waals surface area contributed by atoms with E-state index in [0.29, 0.717) is 18.3 Å². The second-order valence-electron chi connectivity index (χ2n) is 5.68. The van der Waals surface area contributed by atoms with E-state index < -0.39 is 0 Å². The molecule has 2 heterocycles. The van der Waals surface area contributed by atoms with Gasteiger partial charge in [0.1, 0.15) is 6.26 Å². The zero-order valence-corrected chi connectivity index (χ0v) is 12.2. The van der Waals surface area contributed by atoms with E-state index in [9.17, 15) is 0 Å². The summed E-state index contributed by atoms with van der Waals surface area (Å²) in [4.78, 5) is 6.78. The van der Waals surface area contributed by atoms with E-state index in [0.717, 1.165) is 18.0 Å². The molecule has 2 aromatic heterocycles. The van der Waals surface area contributed by atoms with E-state index in [1.54, 1.807) is 12.5 Å². The average Bonchev–Trinajstić information content (AvgIpc) is 3.04. The summed E-state index contributed by atoms with van der Waals surface area (Å²) in [6.07, 6.45) is 5.85. The number of hydrogen-bond donors (Lipinski definition) is 0. The third-order valence-electron chi connectivity index (χ3n) is 3.87. The maximum atomic E-state index is 5.40. The first-order valence-corrected chi connectivity index (χ1v) is 7.53. The molecule has 112 valence electrons. The van der Waals surface area contributed by atoms with Crippen molar-refractivity contribution in [2.45, 2.75) is 19.4 Å². The van der Waals surface area contributed by atoms with Crippen molar-refractivity contribution >= 4 is 5.69 Å². The molecule has 0 spiro atoms. The fraction of sp³-hybridized carbons (Fsp3) is 0.294. The minimum Gasteiger partial charge on any atom is -0.472 e. The van der Waals surface area contributed by atoms with Gasteiger partial charge in [-0.2, -0.15) is 4.98 Å². The smallest absolute Gasteiger partial charge is 0.246 e. The summed E-state index contributed by atoms with van der Waals surface area (Å²) in [6.45, 7) is 1.67. The van der Waals surface area contributed by atoms with Crippen molar-refractivity contribution < 1.29 is 8.94 Å². The van der Waals surface area contributed by atoms with Crippen LogP contribution in [0.4, 0.5) is 5.69 Å². The molecule has 4 rings (SSSR count). The Labute approximate surface area is 128 Å². The number of rotatable bonds is 6. The molecule has 0 saturated heterocycles. The van der Waals surface area contributed by atoms with Crippen molar-refractivity contribution in [3.8, 4) is 11.4 Å². The topological polar surface area (TPSA) is 55.3 Å². The molecule has 0 amide bonds. The van der Waals surface area contributed by atoms with Crippen molar-refractivity contribution in [1.82, 2.24) is 10.1 Å². The van der Waals surface area contributed by atoms with Crippen LogP contribution in [0, 0.1) is 5.92 Å². The van der Waals surface area contributed by atoms with Crippen LogP contribution in [-0.4, -0.2) is 16.7 Å². The third kappa shape index (κ3) is 2.88. The molecule has 5 heteroatoms. The Morgan fingerprint density at radius 3 is 2.73 bits per heavy atom. The van der Waals surface area contributed by atoms with Crippen LogP contribution in [0.1, 0.15) is 18.7 Å². The van der Waals surface area contributed by atoms with E-state index >= 15 is 0 Å². The Balaban J connectivity index is 1.53. The molecule has 3 aromatic rings. The van der Waals surface area contributed by atoms with E-state index in [1.165, 1.54) is 18.5 Å². The second-order valence-corrected chi connectivity index (χ2v) is 5.68. The summed E-state index contributed by atoms with van der Waals surface area (Å²) in [5.41, 5.74) is 2.03. The van der Waals surface area contributed by atoms with Crippen LogP contribution in [0.25, 0.3) is 11.4 Å². The van der Waals surface area contributed by atoms with Crippen molar-refractivity contribution in [2.24, 2.45) is 5.92 Å². The van der Waals surface area contributed by atoms with Crippen LogP contribution in [0.5, 0.6) is 0 Å². The molecule has 1 saturated carbocycles. The normalized spacial score (nSPS) is 14.2. The predicted molar refractivity (Wildman–Crippen MR) is 82.2 cm³/mol. The molecule has 1 aromatic carbocycles. The van der Waals surface area contributed by atoms with Gasteiger partial charge in [-0.1, -0.05) is 23.4 Å². The Morgan fingerprint density at radius 1 is 1.14 bits per heavy atom. The summed E-state index contributed by atoms with van der Waals surface area (Å²) in [5.74, 6) is 1.99. The maximum Gasteiger partial charge on any atom is 0.246 e. The largest absolute Gasteiger partial charge is 0.472 e. The van der Waals surface area contributed by atoms with E-state index in [-0.39, 0.29) is 0 Å². The van der Waals surface area contributed by atoms with Gasteiger partial charge >= 0.3 is 0 Å². The van der Waals surface area contributed by atoms with Gasteiger partial charge in [0.05, 0.1) is 18.4 Å². The lowest BCUT2D eigenvalue weighted by Crippen LogP contribution is -2.25. The van der Waals surface area contributed by atoms with Gasteiger partial charge in [-0.25, -0.2) is 0 Å². The molecular formula is C17H17N3O2. The molecule has 0 atom stereocenters. The van der Waals surface area contributed by atoms with Crippen LogP contribution in [0.2, 0.25) is 0 Å². The number of anilines is 1. The van der Waals surface area contributed by atoms with Crippen LogP contribution in [-0.2, 0) is 6.54 Å². The third-order valence-corrected chi connectivity index (χ3v) is 3.87. The van der Waals surface area contributed by atoms with Gasteiger partial charge < -0.3 is 13.8 Å². The van der Waals surface area contributed by atoms with Crippen LogP contribution >= 0.6 is 0 Å². The summed E-state index contributed by atoms with van der Waals surface area (Å²) in [5, 5.41) is 4.03. The number of hydrogen-bond acceptors (Lipinski definition) is 5. The molecule has 0 aliphatic heterocycles. The first-order valence-electron chi connectivity index (χ1n) is 7.53. The summed E-state index contributed by atoms with van der Waals surface area (Å²) < 4.78 is 10.5. The van der Waals surface area contributed by atoms with Gasteiger partial charge in [-0.05, 0) is 37.0 Å². The standard InChI is InChI=1S/C17H17N3O2/c1-2-4-15(5-3-1)20(10-13-6-7-13)11-16-18-17(19-22-16)14-8-9-21-12-14/h1-5,8-9,12-13H,6-7,10-11H2. The molecular weight excluding hydrogens is 278 g/mol. The van der Waals surface area contributed by atoms with Crippen LogP contribution in [0.3, 0.4) is 0 Å². The average molecular weight is 295 g/mol. The number of aromatic nitrogens is 2. The first kappa shape index (κ1) is 13.1. The zero-order chi connectivity index (χ0) is 14.8. The van der Waals surface area contributed by atoms with Crippen LogP contribution in [0.15, 0.2) is 57.9 Å². The minimum absolute atomic E-state index is 0.572. The van der Waals surface area contributed by atoms with Gasteiger partial charge in [-0.15, -0.1) is 0 Å². The van der Waals surface area contributed by atoms with Gasteiger partial charge in [0.25, 0.3) is 0 Å². The molecule has 0 bridgehead atoms. The van der Waals surface area contributed by atoms with Crippen molar-refractivity contribution in [2.75, 3.05) is 11.4 Å². The minimum atomic E-state index is 0.572. The van der Waals surface area contributed by atoms with Crippen molar-refractivity contribution in [3.05, 3.63) is 54.8 Å². The molecule has 22 heavy (non-hydrogen) atoms. The molecule has 0 unspecified atom stereocenters. The highest BCUT2D eigenvalue weighted by Crippen LogP contribution is 2.32. The van der Waals surface area contributed by atoms with Gasteiger partial charge in [0.2, 0.25) is 11.7 Å². The van der Waals surface area contributed by atoms with E-state index in [2.05, 4.69) is 39.3 Å². The van der Waals surface area contributed by atoms with E-state index in [1.807, 2.05) is 12.1 Å². The number of furan rings is 1. The predicted octanol–water partition coefficient (Wildman–Crippen LogP) is 3.75. The second kappa shape index (κ2) is 5.67. The number of nitrogens with zero attached hydrogens (tertiary/aromatic N) is 3. The molecule has 0 radical (unpaired) electrons. The zero-order valence-electron chi connectivity index (χ0n) is 12.2. The highest BCUT2D eigenvalue weighted by molar-refractivity contribution is 5.51. The quantitative estimate of drug-likeness (QED) is 0.693. The number of benzene rings is 1. The fourth-order valence-corrected chi connectivity index (χ4v) is 2.50. The SMILES string of the molecule is c1ccc(N(Cc2nc(-c3ccoc3)no2)CC2CC2)cc1. The summed E-state index contributed by atoms with van der Waals surface area (Å²) in [6, 6.07) is 12.2. The Hall–Kier alpha value is -2.56. The maximum absolute atomic E-state index is 5.40. The molecule has 5 nitrogen and oxygen atoms in total. The lowest BCUT2D eigenvalue weighted by atomic mass is 10.2. The lowest BCUT2D eigenvalue weighted by molar-refractivity contribution is 0.375. The van der Waals surface area contributed by atoms with Crippen molar-refractivity contribution in [3.63, 3.8) is 0 Å². The highest BCUT2D eigenvalue weighted by atomic mass is 16.5. The summed E-state index contributed by atoms with van der Waals surface area (Å²) in [7, 11) is 0. The van der Waals surface area contributed by atoms with Gasteiger partial charge in [0, 0.05) is 12.2 Å². The Morgan fingerprint density at radius 2 is 2.00 bits per heavy atom. The highest BCUT2D eigenvalue weighted by Gasteiger charge is 2.25. The lowest BCUT2D eigenvalue weighted by Gasteiger charge is -2.22. The van der Waals surface area contributed by atoms with Crippen molar-refractivity contribution in [1.29, 1.82) is 0 Å². The molecule has 1 fully saturated rings. The first-order chi connectivity index (χ1) is 10.9. The van der Waals surface area contributed by atoms with Gasteiger partial charge in [0.15, 0.2) is 0 Å². The van der Waals surface area contributed by atoms with E-state index in [4.69, 9.17) is 8.94 Å². The molecule has 1 aliphatic rings. The van der Waals surface area contributed by atoms with Gasteiger partial charge in [-0.3, -0.25) is 0 Å². The molecule has 1 aliphatic carbocycles. The monoisotopic (exact) mass is 295 g/mol. The number of para-hydroxylation sites is 1. The van der Waals surface area contributed by atoms with Crippen LogP contribution < -0.4 is 4.90 Å². The Bertz CT molecular complexity index is 717. The molecule has 0 N–H and O–H groups in total. The Kier molecular flexibility index (Phi) is 3.39. The fourth-order valence-electron chi connectivity index (χ4n) is 2.50.